The molecule has 1 amide bonds. The largest absolute Gasteiger partial charge is 0.478 e. The van der Waals surface area contributed by atoms with Crippen LogP contribution in [0.3, 0.4) is 0 Å². The van der Waals surface area contributed by atoms with Gasteiger partial charge < -0.3 is 27.9 Å². The number of hydrogen-bond donors (Lipinski definition) is 4. The molecule has 0 aromatic heterocycles. The van der Waals surface area contributed by atoms with Crippen LogP contribution in [0.25, 0.3) is 0 Å². The number of carboxylic acid groups (broad SMARTS) is 1. The van der Waals surface area contributed by atoms with Crippen LogP contribution >= 0.6 is 12.3 Å². The van der Waals surface area contributed by atoms with Crippen molar-refractivity contribution in [2.75, 3.05) is 0 Å². The van der Waals surface area contributed by atoms with Gasteiger partial charge in [0, 0.05) is 13.1 Å². The van der Waals surface area contributed by atoms with Crippen LogP contribution in [0.2, 0.25) is 0 Å². The molecule has 0 saturated carbocycles. The van der Waals surface area contributed by atoms with E-state index in [0.29, 0.717) is 41.5 Å². The van der Waals surface area contributed by atoms with Crippen molar-refractivity contribution in [3.05, 3.63) is 154 Å². The van der Waals surface area contributed by atoms with Crippen LogP contribution in [0.4, 0.5) is 0 Å². The van der Waals surface area contributed by atoms with Crippen molar-refractivity contribution in [2.45, 2.75) is 40.2 Å². The second-order valence-corrected chi connectivity index (χ2v) is 12.8. The van der Waals surface area contributed by atoms with Crippen LogP contribution in [0, 0.1) is 13.8 Å². The van der Waals surface area contributed by atoms with E-state index in [9.17, 15) is 18.9 Å². The van der Waals surface area contributed by atoms with Gasteiger partial charge in [0.15, 0.2) is 5.75 Å². The van der Waals surface area contributed by atoms with Crippen LogP contribution in [0.5, 0.6) is 23.0 Å². The van der Waals surface area contributed by atoms with Gasteiger partial charge in [0.1, 0.15) is 23.9 Å². The Balaban J connectivity index is 1.08. The number of nitrogens with one attached hydrogen (secondary N) is 2. The van der Waals surface area contributed by atoms with E-state index < -0.39 is 23.2 Å². The van der Waals surface area contributed by atoms with Crippen molar-refractivity contribution in [2.24, 2.45) is 0 Å². The fourth-order valence-electron chi connectivity index (χ4n) is 4.73. The number of aryl methyl sites for hydroxylation is 2. The molecule has 0 aliphatic heterocycles. The third-order valence-electron chi connectivity index (χ3n) is 7.60. The van der Waals surface area contributed by atoms with E-state index in [1.54, 1.807) is 42.5 Å². The van der Waals surface area contributed by atoms with Gasteiger partial charge >= 0.3 is 17.3 Å². The Morgan fingerprint density at radius 3 is 1.96 bits per heavy atom. The summed E-state index contributed by atoms with van der Waals surface area (Å²) < 4.78 is 33.6. The highest BCUT2D eigenvalue weighted by molar-refractivity contribution is 7.90. The first-order chi connectivity index (χ1) is 26.2. The lowest BCUT2D eigenvalue weighted by molar-refractivity contribution is -0.253. The summed E-state index contributed by atoms with van der Waals surface area (Å²) in [5, 5.41) is 21.4. The normalized spacial score (nSPS) is 11.4. The van der Waals surface area contributed by atoms with Crippen molar-refractivity contribution in [3.63, 3.8) is 0 Å². The Labute approximate surface area is 318 Å². The van der Waals surface area contributed by atoms with Crippen molar-refractivity contribution in [3.8, 4) is 23.0 Å². The average Bonchev–Trinajstić information content (AvgIpc) is 3.17. The monoisotopic (exact) mass is 776 g/mol. The molecular formula is C38H36N2O12S2. The Morgan fingerprint density at radius 1 is 0.685 bits per heavy atom. The Hall–Kier alpha value is -5.46. The van der Waals surface area contributed by atoms with E-state index in [-0.39, 0.29) is 42.4 Å². The van der Waals surface area contributed by atoms with Gasteiger partial charge in [-0.3, -0.25) is 14.9 Å². The summed E-state index contributed by atoms with van der Waals surface area (Å²) in [5.41, 5.74) is 7.54. The molecule has 0 aliphatic carbocycles. The zero-order chi connectivity index (χ0) is 38.3. The summed E-state index contributed by atoms with van der Waals surface area (Å²) in [6.07, 6.45) is 0. The van der Waals surface area contributed by atoms with Crippen LogP contribution < -0.4 is 28.2 Å². The number of carbonyl (C=O) groups excluding carboxylic acids is 1. The summed E-state index contributed by atoms with van der Waals surface area (Å²) in [6, 6.07) is 30.3. The molecule has 1 unspecified atom stereocenters. The zero-order valence-corrected chi connectivity index (χ0v) is 30.6. The van der Waals surface area contributed by atoms with Crippen LogP contribution in [-0.4, -0.2) is 26.4 Å². The third-order valence-corrected chi connectivity index (χ3v) is 8.65. The minimum absolute atomic E-state index is 0.0585. The summed E-state index contributed by atoms with van der Waals surface area (Å²) in [6.45, 7) is 4.28. The minimum Gasteiger partial charge on any atom is -0.478 e. The second-order valence-electron chi connectivity index (χ2n) is 11.6. The molecule has 0 aliphatic rings. The van der Waals surface area contributed by atoms with Gasteiger partial charge in [-0.15, -0.1) is 0 Å². The van der Waals surface area contributed by atoms with Gasteiger partial charge in [-0.2, -0.15) is 9.69 Å². The van der Waals surface area contributed by atoms with E-state index in [1.807, 2.05) is 62.4 Å². The first kappa shape index (κ1) is 39.7. The molecule has 5 aromatic rings. The van der Waals surface area contributed by atoms with E-state index in [0.717, 1.165) is 22.3 Å². The number of aromatic carboxylic acids is 1. The van der Waals surface area contributed by atoms with Crippen LogP contribution in [-0.2, 0) is 51.7 Å². The third kappa shape index (κ3) is 12.3. The molecule has 0 heterocycles. The van der Waals surface area contributed by atoms with Gasteiger partial charge in [0.2, 0.25) is 0 Å². The fourth-order valence-corrected chi connectivity index (χ4v) is 5.61. The molecule has 4 N–H and O–H groups in total. The predicted molar refractivity (Wildman–Crippen MR) is 198 cm³/mol. The molecule has 0 saturated heterocycles. The maximum Gasteiger partial charge on any atom is 0.417 e. The highest BCUT2D eigenvalue weighted by atomic mass is 32.2. The number of carbonyl (C=O) groups is 2. The van der Waals surface area contributed by atoms with E-state index >= 15 is 0 Å². The van der Waals surface area contributed by atoms with Gasteiger partial charge in [0.25, 0.3) is 18.2 Å². The van der Waals surface area contributed by atoms with E-state index in [2.05, 4.69) is 15.7 Å². The first-order valence-electron chi connectivity index (χ1n) is 16.2. The van der Waals surface area contributed by atoms with Crippen molar-refractivity contribution in [1.29, 1.82) is 0 Å². The molecule has 5 aromatic carbocycles. The van der Waals surface area contributed by atoms with E-state index in [1.165, 1.54) is 18.2 Å². The molecule has 0 fully saturated rings. The van der Waals surface area contributed by atoms with Gasteiger partial charge in [-0.1, -0.05) is 70.1 Å². The Bertz CT molecular complexity index is 2030. The summed E-state index contributed by atoms with van der Waals surface area (Å²) in [4.78, 5) is 40.0. The maximum atomic E-state index is 13.0. The van der Waals surface area contributed by atoms with Crippen molar-refractivity contribution >= 4 is 35.6 Å². The van der Waals surface area contributed by atoms with Crippen LogP contribution in [0.1, 0.15) is 54.1 Å². The molecule has 0 radical (unpaired) electrons. The van der Waals surface area contributed by atoms with E-state index in [4.69, 9.17) is 31.9 Å². The van der Waals surface area contributed by atoms with Gasteiger partial charge in [0.05, 0.1) is 17.7 Å². The number of rotatable bonds is 20. The molecule has 54 heavy (non-hydrogen) atoms. The smallest absolute Gasteiger partial charge is 0.417 e. The molecule has 14 nitrogen and oxygen atoms in total. The topological polar surface area (TPSA) is 180 Å². The molecule has 16 heteroatoms. The highest BCUT2D eigenvalue weighted by Gasteiger charge is 2.18. The lowest BCUT2D eigenvalue weighted by Crippen LogP contribution is -2.25. The molecule has 0 bridgehead atoms. The SMILES string of the molecule is Cc1ccc(OOSOc2ccc(C(=O)O)c(C(=O)NCc3ccc(CNOCc4cc(OS(=O)Oc5ccc(C)cc5)ccc4COO)cc3)c2)cc1. The summed E-state index contributed by atoms with van der Waals surface area (Å²) in [5.74, 6) is -0.576. The standard InChI is InChI=1S/C38H36N2O12S2/c1-25-3-12-31(13-4-25)48-52-53-49-33-17-18-35(38(42)43)36(20-33)37(41)39-21-27-7-9-28(10-8-27)22-40-46-23-30-19-34(16-11-29(30)24-47-44)51-54(45)50-32-14-5-26(2)6-15-32/h3-20,40,44H,21-24H2,1-2H3,(H,39,41)(H,42,43). The lowest BCUT2D eigenvalue weighted by Gasteiger charge is -2.13. The van der Waals surface area contributed by atoms with Crippen molar-refractivity contribution < 1.29 is 55.7 Å². The predicted octanol–water partition coefficient (Wildman–Crippen LogP) is 7.13. The molecular weight excluding hydrogens is 741 g/mol. The zero-order valence-electron chi connectivity index (χ0n) is 29.0. The van der Waals surface area contributed by atoms with Crippen LogP contribution in [0.15, 0.2) is 109 Å². The molecule has 282 valence electrons. The number of hydrogen-bond acceptors (Lipinski definition) is 13. The number of benzene rings is 5. The Morgan fingerprint density at radius 2 is 1.30 bits per heavy atom. The lowest BCUT2D eigenvalue weighted by atomic mass is 10.1. The molecule has 0 spiro atoms. The first-order valence-corrected chi connectivity index (χ1v) is 17.9. The second kappa shape index (κ2) is 20.1. The number of amides is 1. The summed E-state index contributed by atoms with van der Waals surface area (Å²) in [7, 11) is 0. The molecule has 5 rings (SSSR count). The van der Waals surface area contributed by atoms with Crippen molar-refractivity contribution in [1.82, 2.24) is 10.8 Å². The quantitative estimate of drug-likeness (QED) is 0.0271. The highest BCUT2D eigenvalue weighted by Crippen LogP contribution is 2.24. The van der Waals surface area contributed by atoms with Gasteiger partial charge in [-0.05, 0) is 90.7 Å². The fraction of sp³-hybridized carbons (Fsp3) is 0.158. The Kier molecular flexibility index (Phi) is 14.8. The minimum atomic E-state index is -2.10. The molecule has 1 atom stereocenters. The number of hydroxylamine groups is 1. The maximum absolute atomic E-state index is 13.0. The average molecular weight is 777 g/mol. The van der Waals surface area contributed by atoms with Gasteiger partial charge in [-0.25, -0.2) is 9.68 Å². The number of carboxylic acids is 1. The summed E-state index contributed by atoms with van der Waals surface area (Å²) >= 11 is -1.59.